The van der Waals surface area contributed by atoms with Gasteiger partial charge in [0.1, 0.15) is 0 Å². The van der Waals surface area contributed by atoms with Crippen molar-refractivity contribution in [3.8, 4) is 0 Å². The SMILES string of the molecule is CN=C(NCCCOCC1CCOC1)NCc1cccc(CN2CCCC2=O)c1.I. The van der Waals surface area contributed by atoms with Gasteiger partial charge in [0.25, 0.3) is 0 Å². The van der Waals surface area contributed by atoms with E-state index in [0.717, 1.165) is 64.7 Å². The summed E-state index contributed by atoms with van der Waals surface area (Å²) >= 11 is 0. The van der Waals surface area contributed by atoms with E-state index in [4.69, 9.17) is 9.47 Å². The van der Waals surface area contributed by atoms with Crippen LogP contribution in [0, 0.1) is 5.92 Å². The van der Waals surface area contributed by atoms with Gasteiger partial charge in [-0.3, -0.25) is 9.79 Å². The fourth-order valence-corrected chi connectivity index (χ4v) is 3.68. The van der Waals surface area contributed by atoms with Crippen molar-refractivity contribution in [1.29, 1.82) is 0 Å². The molecule has 0 bridgehead atoms. The maximum Gasteiger partial charge on any atom is 0.222 e. The van der Waals surface area contributed by atoms with E-state index in [1.807, 2.05) is 4.90 Å². The minimum atomic E-state index is 0. The molecule has 1 amide bonds. The van der Waals surface area contributed by atoms with E-state index >= 15 is 0 Å². The summed E-state index contributed by atoms with van der Waals surface area (Å²) in [4.78, 5) is 18.0. The number of carbonyl (C=O) groups is 1. The van der Waals surface area contributed by atoms with Crippen molar-refractivity contribution < 1.29 is 14.3 Å². The Labute approximate surface area is 197 Å². The molecule has 0 radical (unpaired) electrons. The predicted octanol–water partition coefficient (Wildman–Crippen LogP) is 2.54. The number of hydrogen-bond acceptors (Lipinski definition) is 4. The number of nitrogens with one attached hydrogen (secondary N) is 2. The van der Waals surface area contributed by atoms with Crippen LogP contribution in [0.4, 0.5) is 0 Å². The predicted molar refractivity (Wildman–Crippen MR) is 129 cm³/mol. The number of halogens is 1. The molecule has 2 fully saturated rings. The summed E-state index contributed by atoms with van der Waals surface area (Å²) in [7, 11) is 1.78. The van der Waals surface area contributed by atoms with Gasteiger partial charge >= 0.3 is 0 Å². The van der Waals surface area contributed by atoms with Gasteiger partial charge in [0, 0.05) is 58.8 Å². The number of amides is 1. The molecular weight excluding hydrogens is 495 g/mol. The smallest absolute Gasteiger partial charge is 0.222 e. The van der Waals surface area contributed by atoms with Gasteiger partial charge in [-0.1, -0.05) is 24.3 Å². The molecule has 2 aliphatic heterocycles. The highest BCUT2D eigenvalue weighted by Gasteiger charge is 2.20. The van der Waals surface area contributed by atoms with Crippen molar-refractivity contribution in [2.75, 3.05) is 46.6 Å². The van der Waals surface area contributed by atoms with Crippen molar-refractivity contribution in [1.82, 2.24) is 15.5 Å². The average Bonchev–Trinajstić information content (AvgIpc) is 3.39. The highest BCUT2D eigenvalue weighted by molar-refractivity contribution is 14.0. The Kier molecular flexibility index (Phi) is 11.5. The summed E-state index contributed by atoms with van der Waals surface area (Å²) in [6.45, 7) is 6.34. The van der Waals surface area contributed by atoms with Crippen LogP contribution in [0.2, 0.25) is 0 Å². The first-order valence-electron chi connectivity index (χ1n) is 10.7. The summed E-state index contributed by atoms with van der Waals surface area (Å²) < 4.78 is 11.1. The molecule has 3 rings (SSSR count). The maximum atomic E-state index is 11.8. The Balaban J connectivity index is 0.00000320. The zero-order valence-electron chi connectivity index (χ0n) is 17.9. The number of likely N-dealkylation sites (tertiary alicyclic amines) is 1. The van der Waals surface area contributed by atoms with Gasteiger partial charge in [-0.25, -0.2) is 0 Å². The molecule has 0 spiro atoms. The Bertz CT molecular complexity index is 680. The third-order valence-electron chi connectivity index (χ3n) is 5.36. The summed E-state index contributed by atoms with van der Waals surface area (Å²) in [5.41, 5.74) is 2.35. The standard InChI is InChI=1S/C22H34N4O3.HI/c1-23-22(24-9-4-11-28-16-20-8-12-29-17-20)25-14-18-5-2-6-19(13-18)15-26-10-3-7-21(26)27;/h2,5-6,13,20H,3-4,7-12,14-17H2,1H3,(H2,23,24,25);1H. The molecular formula is C22H35IN4O3. The van der Waals surface area contributed by atoms with Crippen LogP contribution in [-0.2, 0) is 27.4 Å². The average molecular weight is 530 g/mol. The monoisotopic (exact) mass is 530 g/mol. The maximum absolute atomic E-state index is 11.8. The van der Waals surface area contributed by atoms with Crippen LogP contribution >= 0.6 is 24.0 Å². The van der Waals surface area contributed by atoms with Crippen LogP contribution in [0.5, 0.6) is 0 Å². The van der Waals surface area contributed by atoms with Gasteiger partial charge in [-0.05, 0) is 30.4 Å². The lowest BCUT2D eigenvalue weighted by molar-refractivity contribution is -0.128. The third-order valence-corrected chi connectivity index (χ3v) is 5.36. The summed E-state index contributed by atoms with van der Waals surface area (Å²) in [6, 6.07) is 8.39. The lowest BCUT2D eigenvalue weighted by Gasteiger charge is -2.16. The van der Waals surface area contributed by atoms with Crippen LogP contribution in [0.1, 0.15) is 36.8 Å². The van der Waals surface area contributed by atoms with E-state index in [1.54, 1.807) is 7.05 Å². The molecule has 2 heterocycles. The molecule has 0 aliphatic carbocycles. The number of aliphatic imine (C=N–C) groups is 1. The molecule has 2 N–H and O–H groups in total. The van der Waals surface area contributed by atoms with E-state index in [9.17, 15) is 4.79 Å². The van der Waals surface area contributed by atoms with Gasteiger partial charge in [-0.15, -0.1) is 24.0 Å². The Hall–Kier alpha value is -1.39. The van der Waals surface area contributed by atoms with Crippen LogP contribution in [0.3, 0.4) is 0 Å². The summed E-state index contributed by atoms with van der Waals surface area (Å²) in [6.07, 6.45) is 3.71. The molecule has 7 nitrogen and oxygen atoms in total. The molecule has 2 saturated heterocycles. The third kappa shape index (κ3) is 8.39. The molecule has 1 atom stereocenters. The van der Waals surface area contributed by atoms with Crippen LogP contribution < -0.4 is 10.6 Å². The van der Waals surface area contributed by atoms with E-state index in [2.05, 4.69) is 39.9 Å². The fourth-order valence-electron chi connectivity index (χ4n) is 3.68. The van der Waals surface area contributed by atoms with E-state index in [0.29, 0.717) is 25.4 Å². The van der Waals surface area contributed by atoms with Crippen LogP contribution in [0.25, 0.3) is 0 Å². The quantitative estimate of drug-likeness (QED) is 0.211. The minimum absolute atomic E-state index is 0. The zero-order chi connectivity index (χ0) is 20.3. The highest BCUT2D eigenvalue weighted by Crippen LogP contribution is 2.15. The molecule has 0 aromatic heterocycles. The van der Waals surface area contributed by atoms with Crippen molar-refractivity contribution in [3.63, 3.8) is 0 Å². The van der Waals surface area contributed by atoms with Crippen molar-refractivity contribution >= 4 is 35.8 Å². The molecule has 8 heteroatoms. The number of benzene rings is 1. The molecule has 168 valence electrons. The number of nitrogens with zero attached hydrogens (tertiary/aromatic N) is 2. The molecule has 30 heavy (non-hydrogen) atoms. The second-order valence-corrected chi connectivity index (χ2v) is 7.75. The summed E-state index contributed by atoms with van der Waals surface area (Å²) in [5, 5.41) is 6.68. The van der Waals surface area contributed by atoms with Crippen LogP contribution in [0.15, 0.2) is 29.3 Å². The number of guanidine groups is 1. The second kappa shape index (κ2) is 13.8. The highest BCUT2D eigenvalue weighted by atomic mass is 127. The fraction of sp³-hybridized carbons (Fsp3) is 0.636. The Morgan fingerprint density at radius 1 is 1.33 bits per heavy atom. The van der Waals surface area contributed by atoms with Gasteiger partial charge in [0.2, 0.25) is 5.91 Å². The lowest BCUT2D eigenvalue weighted by Crippen LogP contribution is -2.37. The van der Waals surface area contributed by atoms with Crippen molar-refractivity contribution in [3.05, 3.63) is 35.4 Å². The number of rotatable bonds is 10. The Morgan fingerprint density at radius 3 is 2.93 bits per heavy atom. The number of ether oxygens (including phenoxy) is 2. The van der Waals surface area contributed by atoms with Crippen molar-refractivity contribution in [2.45, 2.75) is 38.8 Å². The van der Waals surface area contributed by atoms with E-state index < -0.39 is 0 Å². The van der Waals surface area contributed by atoms with Crippen LogP contribution in [-0.4, -0.2) is 63.3 Å². The van der Waals surface area contributed by atoms with Gasteiger partial charge in [0.05, 0.1) is 13.2 Å². The first kappa shape index (κ1) is 24.9. The molecule has 1 unspecified atom stereocenters. The number of carbonyl (C=O) groups excluding carboxylic acids is 1. The molecule has 1 aromatic carbocycles. The van der Waals surface area contributed by atoms with Crippen molar-refractivity contribution in [2.24, 2.45) is 10.9 Å². The Morgan fingerprint density at radius 2 is 2.20 bits per heavy atom. The second-order valence-electron chi connectivity index (χ2n) is 7.75. The normalized spacial score (nSPS) is 19.1. The molecule has 2 aliphatic rings. The first-order valence-corrected chi connectivity index (χ1v) is 10.7. The van der Waals surface area contributed by atoms with Gasteiger partial charge in [-0.2, -0.15) is 0 Å². The van der Waals surface area contributed by atoms with Gasteiger partial charge in [0.15, 0.2) is 5.96 Å². The molecule has 1 aromatic rings. The minimum Gasteiger partial charge on any atom is -0.381 e. The summed E-state index contributed by atoms with van der Waals surface area (Å²) in [5.74, 6) is 1.62. The first-order chi connectivity index (χ1) is 14.2. The lowest BCUT2D eigenvalue weighted by atomic mass is 10.1. The van der Waals surface area contributed by atoms with E-state index in [-0.39, 0.29) is 29.9 Å². The topological polar surface area (TPSA) is 75.2 Å². The zero-order valence-corrected chi connectivity index (χ0v) is 20.2. The number of hydrogen-bond donors (Lipinski definition) is 2. The van der Waals surface area contributed by atoms with E-state index in [1.165, 1.54) is 11.1 Å². The van der Waals surface area contributed by atoms with Gasteiger partial charge < -0.3 is 25.0 Å². The largest absolute Gasteiger partial charge is 0.381 e. The molecule has 0 saturated carbocycles.